The van der Waals surface area contributed by atoms with Crippen LogP contribution in [0.3, 0.4) is 0 Å². The predicted octanol–water partition coefficient (Wildman–Crippen LogP) is 1.69. The van der Waals surface area contributed by atoms with Crippen molar-refractivity contribution in [3.63, 3.8) is 0 Å². The van der Waals surface area contributed by atoms with Gasteiger partial charge in [-0.2, -0.15) is 0 Å². The van der Waals surface area contributed by atoms with Crippen molar-refractivity contribution in [1.29, 1.82) is 0 Å². The van der Waals surface area contributed by atoms with Crippen molar-refractivity contribution in [3.8, 4) is 0 Å². The molecule has 1 aliphatic rings. The van der Waals surface area contributed by atoms with Gasteiger partial charge < -0.3 is 14.6 Å². The van der Waals surface area contributed by atoms with Crippen molar-refractivity contribution < 1.29 is 14.0 Å². The van der Waals surface area contributed by atoms with Gasteiger partial charge in [0.25, 0.3) is 0 Å². The van der Waals surface area contributed by atoms with Gasteiger partial charge in [-0.15, -0.1) is 0 Å². The van der Waals surface area contributed by atoms with E-state index >= 15 is 0 Å². The molecule has 1 aromatic heterocycles. The summed E-state index contributed by atoms with van der Waals surface area (Å²) in [5, 5.41) is 2.82. The number of piperazine rings is 1. The number of rotatable bonds is 5. The number of furan rings is 1. The Kier molecular flexibility index (Phi) is 4.24. The van der Waals surface area contributed by atoms with E-state index in [0.717, 1.165) is 6.42 Å². The zero-order chi connectivity index (χ0) is 13.8. The largest absolute Gasteiger partial charge is 0.467 e. The van der Waals surface area contributed by atoms with Crippen LogP contribution < -0.4 is 5.32 Å². The van der Waals surface area contributed by atoms with Gasteiger partial charge in [0.15, 0.2) is 0 Å². The standard InChI is InChI=1S/C14H20N2O3/c1-3-6-11-14(18)16(9-10-7-5-8-19-10)12(4-2)13(17)15-11/h5,7-8,11-12H,3-4,6,9H2,1-2H3,(H,15,17). The summed E-state index contributed by atoms with van der Waals surface area (Å²) >= 11 is 0. The summed E-state index contributed by atoms with van der Waals surface area (Å²) in [5.74, 6) is 0.633. The molecule has 2 atom stereocenters. The Bertz CT molecular complexity index is 442. The minimum atomic E-state index is -0.397. The Morgan fingerprint density at radius 1 is 1.37 bits per heavy atom. The lowest BCUT2D eigenvalue weighted by Gasteiger charge is -2.38. The van der Waals surface area contributed by atoms with Crippen molar-refractivity contribution in [3.05, 3.63) is 24.2 Å². The fourth-order valence-electron chi connectivity index (χ4n) is 2.47. The normalized spacial score (nSPS) is 23.6. The second-order valence-electron chi connectivity index (χ2n) is 4.82. The van der Waals surface area contributed by atoms with E-state index < -0.39 is 12.1 Å². The van der Waals surface area contributed by atoms with E-state index in [2.05, 4.69) is 5.32 Å². The average molecular weight is 264 g/mol. The van der Waals surface area contributed by atoms with Crippen LogP contribution in [0.15, 0.2) is 22.8 Å². The summed E-state index contributed by atoms with van der Waals surface area (Å²) < 4.78 is 5.28. The molecule has 5 nitrogen and oxygen atoms in total. The molecule has 2 unspecified atom stereocenters. The van der Waals surface area contributed by atoms with E-state index in [1.54, 1.807) is 17.2 Å². The summed E-state index contributed by atoms with van der Waals surface area (Å²) in [5.41, 5.74) is 0. The summed E-state index contributed by atoms with van der Waals surface area (Å²) in [6.07, 6.45) is 3.73. The van der Waals surface area contributed by atoms with Crippen LogP contribution in [0.2, 0.25) is 0 Å². The van der Waals surface area contributed by atoms with Gasteiger partial charge in [-0.1, -0.05) is 20.3 Å². The molecule has 5 heteroatoms. The summed E-state index contributed by atoms with van der Waals surface area (Å²) in [7, 11) is 0. The van der Waals surface area contributed by atoms with Gasteiger partial charge in [-0.3, -0.25) is 9.59 Å². The molecule has 2 rings (SSSR count). The number of nitrogens with one attached hydrogen (secondary N) is 1. The van der Waals surface area contributed by atoms with Gasteiger partial charge in [-0.25, -0.2) is 0 Å². The van der Waals surface area contributed by atoms with Crippen LogP contribution in [-0.4, -0.2) is 28.8 Å². The molecule has 1 N–H and O–H groups in total. The van der Waals surface area contributed by atoms with Crippen LogP contribution in [-0.2, 0) is 16.1 Å². The molecule has 19 heavy (non-hydrogen) atoms. The molecule has 0 saturated carbocycles. The third-order valence-electron chi connectivity index (χ3n) is 3.45. The molecule has 1 aromatic rings. The third-order valence-corrected chi connectivity index (χ3v) is 3.45. The van der Waals surface area contributed by atoms with Crippen molar-refractivity contribution in [2.24, 2.45) is 0 Å². The first-order chi connectivity index (χ1) is 9.17. The lowest BCUT2D eigenvalue weighted by Crippen LogP contribution is -2.62. The second-order valence-corrected chi connectivity index (χ2v) is 4.82. The predicted molar refractivity (Wildman–Crippen MR) is 70.2 cm³/mol. The number of nitrogens with zero attached hydrogens (tertiary/aromatic N) is 1. The first-order valence-electron chi connectivity index (χ1n) is 6.80. The Balaban J connectivity index is 2.18. The van der Waals surface area contributed by atoms with Crippen molar-refractivity contribution in [1.82, 2.24) is 10.2 Å². The quantitative estimate of drug-likeness (QED) is 0.880. The van der Waals surface area contributed by atoms with Crippen LogP contribution >= 0.6 is 0 Å². The SMILES string of the molecule is CCCC1NC(=O)C(CC)N(Cc2ccco2)C1=O. The van der Waals surface area contributed by atoms with Gasteiger partial charge in [0.2, 0.25) is 11.8 Å². The first kappa shape index (κ1) is 13.6. The molecule has 0 aromatic carbocycles. The van der Waals surface area contributed by atoms with Crippen LogP contribution in [0.4, 0.5) is 0 Å². The molecule has 0 radical (unpaired) electrons. The van der Waals surface area contributed by atoms with Crippen LogP contribution in [0.1, 0.15) is 38.9 Å². The fraction of sp³-hybridized carbons (Fsp3) is 0.571. The second kappa shape index (κ2) is 5.91. The highest BCUT2D eigenvalue weighted by atomic mass is 16.3. The molecule has 1 aliphatic heterocycles. The van der Waals surface area contributed by atoms with E-state index in [1.165, 1.54) is 0 Å². The Morgan fingerprint density at radius 2 is 2.16 bits per heavy atom. The minimum Gasteiger partial charge on any atom is -0.467 e. The van der Waals surface area contributed by atoms with Crippen molar-refractivity contribution in [2.45, 2.75) is 51.7 Å². The number of carbonyl (C=O) groups is 2. The molecule has 0 bridgehead atoms. The molecule has 1 fully saturated rings. The van der Waals surface area contributed by atoms with E-state index in [1.807, 2.05) is 19.9 Å². The monoisotopic (exact) mass is 264 g/mol. The molecule has 0 aliphatic carbocycles. The zero-order valence-corrected chi connectivity index (χ0v) is 11.4. The highest BCUT2D eigenvalue weighted by molar-refractivity contribution is 5.96. The summed E-state index contributed by atoms with van der Waals surface area (Å²) in [6, 6.07) is 2.82. The van der Waals surface area contributed by atoms with Gasteiger partial charge >= 0.3 is 0 Å². The van der Waals surface area contributed by atoms with Gasteiger partial charge in [0, 0.05) is 0 Å². The molecule has 0 spiro atoms. The first-order valence-corrected chi connectivity index (χ1v) is 6.80. The van der Waals surface area contributed by atoms with Crippen LogP contribution in [0.25, 0.3) is 0 Å². The van der Waals surface area contributed by atoms with Gasteiger partial charge in [-0.05, 0) is 25.0 Å². The van der Waals surface area contributed by atoms with Crippen LogP contribution in [0.5, 0.6) is 0 Å². The van der Waals surface area contributed by atoms with Gasteiger partial charge in [0.05, 0.1) is 12.8 Å². The maximum atomic E-state index is 12.4. The average Bonchev–Trinajstić information content (AvgIpc) is 2.89. The summed E-state index contributed by atoms with van der Waals surface area (Å²) in [6.45, 7) is 4.27. The number of hydrogen-bond donors (Lipinski definition) is 1. The molecular formula is C14H20N2O3. The Morgan fingerprint density at radius 3 is 2.74 bits per heavy atom. The number of amides is 2. The van der Waals surface area contributed by atoms with Crippen molar-refractivity contribution >= 4 is 11.8 Å². The third kappa shape index (κ3) is 2.80. The Hall–Kier alpha value is -1.78. The molecule has 1 saturated heterocycles. The highest BCUT2D eigenvalue weighted by Crippen LogP contribution is 2.19. The van der Waals surface area contributed by atoms with E-state index in [9.17, 15) is 9.59 Å². The number of carbonyl (C=O) groups excluding carboxylic acids is 2. The fourth-order valence-corrected chi connectivity index (χ4v) is 2.47. The van der Waals surface area contributed by atoms with Gasteiger partial charge in [0.1, 0.15) is 17.8 Å². The molecule has 2 heterocycles. The smallest absolute Gasteiger partial charge is 0.246 e. The maximum absolute atomic E-state index is 12.4. The number of hydrogen-bond acceptors (Lipinski definition) is 3. The minimum absolute atomic E-state index is 0.00954. The molecule has 104 valence electrons. The maximum Gasteiger partial charge on any atom is 0.246 e. The van der Waals surface area contributed by atoms with E-state index in [-0.39, 0.29) is 11.8 Å². The molecular weight excluding hydrogens is 244 g/mol. The van der Waals surface area contributed by atoms with Crippen molar-refractivity contribution in [2.75, 3.05) is 0 Å². The van der Waals surface area contributed by atoms with E-state index in [4.69, 9.17) is 4.42 Å². The van der Waals surface area contributed by atoms with Crippen LogP contribution in [0, 0.1) is 0 Å². The molecule has 2 amide bonds. The lowest BCUT2D eigenvalue weighted by atomic mass is 10.0. The Labute approximate surface area is 113 Å². The van der Waals surface area contributed by atoms with E-state index in [0.29, 0.717) is 25.1 Å². The topological polar surface area (TPSA) is 62.6 Å². The summed E-state index contributed by atoms with van der Waals surface area (Å²) in [4.78, 5) is 26.1. The highest BCUT2D eigenvalue weighted by Gasteiger charge is 2.39. The lowest BCUT2D eigenvalue weighted by molar-refractivity contribution is -0.150. The zero-order valence-electron chi connectivity index (χ0n) is 11.4.